The van der Waals surface area contributed by atoms with E-state index in [4.69, 9.17) is 4.74 Å². The van der Waals surface area contributed by atoms with Gasteiger partial charge < -0.3 is 9.84 Å². The monoisotopic (exact) mass is 311 g/mol. The number of aromatic carboxylic acids is 1. The molecule has 22 heavy (non-hydrogen) atoms. The quantitative estimate of drug-likeness (QED) is 0.785. The van der Waals surface area contributed by atoms with Crippen LogP contribution in [-0.4, -0.2) is 23.2 Å². The zero-order valence-corrected chi connectivity index (χ0v) is 12.6. The van der Waals surface area contributed by atoms with E-state index < -0.39 is 5.97 Å². The van der Waals surface area contributed by atoms with E-state index in [-0.39, 0.29) is 4.88 Å². The average molecular weight is 311 g/mol. The summed E-state index contributed by atoms with van der Waals surface area (Å²) in [6.45, 7) is 0. The highest BCUT2D eigenvalue weighted by Crippen LogP contribution is 2.34. The second-order valence-corrected chi connectivity index (χ2v) is 5.60. The Bertz CT molecular complexity index is 795. The van der Waals surface area contributed by atoms with Crippen LogP contribution in [0.4, 0.5) is 0 Å². The number of carboxylic acids is 1. The van der Waals surface area contributed by atoms with Crippen molar-refractivity contribution in [2.75, 3.05) is 7.11 Å². The average Bonchev–Trinajstić information content (AvgIpc) is 3.01. The topological polar surface area (TPSA) is 59.4 Å². The van der Waals surface area contributed by atoms with Crippen molar-refractivity contribution in [2.45, 2.75) is 0 Å². The van der Waals surface area contributed by atoms with Gasteiger partial charge in [0.15, 0.2) is 0 Å². The maximum Gasteiger partial charge on any atom is 0.348 e. The summed E-state index contributed by atoms with van der Waals surface area (Å²) in [7, 11) is 1.59. The first-order valence-electron chi connectivity index (χ1n) is 6.63. The highest BCUT2D eigenvalue weighted by Gasteiger charge is 2.19. The second-order valence-electron chi connectivity index (χ2n) is 4.60. The van der Waals surface area contributed by atoms with Gasteiger partial charge in [0.2, 0.25) is 0 Å². The number of rotatable bonds is 4. The van der Waals surface area contributed by atoms with Gasteiger partial charge in [-0.1, -0.05) is 30.3 Å². The molecule has 0 aliphatic heterocycles. The minimum Gasteiger partial charge on any atom is -0.497 e. The van der Waals surface area contributed by atoms with Crippen LogP contribution in [0.15, 0.2) is 54.6 Å². The third-order valence-electron chi connectivity index (χ3n) is 3.21. The molecule has 0 fully saturated rings. The van der Waals surface area contributed by atoms with Crippen LogP contribution in [0.5, 0.6) is 5.75 Å². The molecule has 1 aromatic heterocycles. The molecule has 2 aromatic carbocycles. The maximum absolute atomic E-state index is 11.5. The van der Waals surface area contributed by atoms with Crippen LogP contribution in [0.1, 0.15) is 9.67 Å². The number of methoxy groups -OCH3 is 1. The van der Waals surface area contributed by atoms with Crippen LogP contribution in [0.25, 0.3) is 21.8 Å². The van der Waals surface area contributed by atoms with Gasteiger partial charge in [-0.05, 0) is 24.3 Å². The molecule has 0 saturated heterocycles. The number of aromatic nitrogens is 1. The standard InChI is InChI=1S/C17H13NO3S/c1-21-13-9-7-11(8-10-13)14-15(17(19)20)22-16(18-14)12-5-3-2-4-6-12/h2-10H,1H3,(H,19,20). The molecule has 0 aliphatic carbocycles. The van der Waals surface area contributed by atoms with Crippen LogP contribution in [-0.2, 0) is 0 Å². The van der Waals surface area contributed by atoms with Gasteiger partial charge in [-0.3, -0.25) is 0 Å². The molecule has 3 rings (SSSR count). The maximum atomic E-state index is 11.5. The van der Waals surface area contributed by atoms with E-state index in [2.05, 4.69) is 4.98 Å². The molecule has 1 N–H and O–H groups in total. The Balaban J connectivity index is 2.09. The zero-order valence-electron chi connectivity index (χ0n) is 11.8. The Morgan fingerprint density at radius 3 is 2.32 bits per heavy atom. The highest BCUT2D eigenvalue weighted by molar-refractivity contribution is 7.17. The van der Waals surface area contributed by atoms with E-state index in [0.29, 0.717) is 10.7 Å². The second kappa shape index (κ2) is 5.99. The van der Waals surface area contributed by atoms with Gasteiger partial charge in [0.05, 0.1) is 12.8 Å². The van der Waals surface area contributed by atoms with Crippen molar-refractivity contribution in [1.82, 2.24) is 4.98 Å². The van der Waals surface area contributed by atoms with Crippen LogP contribution in [0.2, 0.25) is 0 Å². The molecular weight excluding hydrogens is 298 g/mol. The van der Waals surface area contributed by atoms with E-state index in [1.807, 2.05) is 42.5 Å². The third-order valence-corrected chi connectivity index (χ3v) is 4.30. The molecule has 0 radical (unpaired) electrons. The predicted octanol–water partition coefficient (Wildman–Crippen LogP) is 4.18. The van der Waals surface area contributed by atoms with Crippen molar-refractivity contribution in [3.05, 3.63) is 59.5 Å². The Morgan fingerprint density at radius 2 is 1.73 bits per heavy atom. The van der Waals surface area contributed by atoms with Crippen molar-refractivity contribution < 1.29 is 14.6 Å². The normalized spacial score (nSPS) is 10.4. The van der Waals surface area contributed by atoms with E-state index in [0.717, 1.165) is 16.9 Å². The number of thiazole rings is 1. The fraction of sp³-hybridized carbons (Fsp3) is 0.0588. The molecule has 0 aliphatic rings. The number of carboxylic acid groups (broad SMARTS) is 1. The number of hydrogen-bond donors (Lipinski definition) is 1. The van der Waals surface area contributed by atoms with Gasteiger partial charge in [-0.2, -0.15) is 0 Å². The van der Waals surface area contributed by atoms with Gasteiger partial charge in [0.1, 0.15) is 15.6 Å². The SMILES string of the molecule is COc1ccc(-c2nc(-c3ccccc3)sc2C(=O)O)cc1. The van der Waals surface area contributed by atoms with Crippen LogP contribution in [0.3, 0.4) is 0 Å². The van der Waals surface area contributed by atoms with Gasteiger partial charge >= 0.3 is 5.97 Å². The lowest BCUT2D eigenvalue weighted by atomic mass is 10.1. The predicted molar refractivity (Wildman–Crippen MR) is 86.5 cm³/mol. The summed E-state index contributed by atoms with van der Waals surface area (Å²) < 4.78 is 5.12. The van der Waals surface area contributed by atoms with Gasteiger partial charge in [-0.15, -0.1) is 11.3 Å². The number of ether oxygens (including phenoxy) is 1. The van der Waals surface area contributed by atoms with Crippen molar-refractivity contribution >= 4 is 17.3 Å². The van der Waals surface area contributed by atoms with E-state index in [1.54, 1.807) is 19.2 Å². The molecule has 0 unspecified atom stereocenters. The Labute approximate surface area is 131 Å². The Kier molecular flexibility index (Phi) is 3.89. The van der Waals surface area contributed by atoms with E-state index >= 15 is 0 Å². The smallest absolute Gasteiger partial charge is 0.348 e. The Morgan fingerprint density at radius 1 is 1.05 bits per heavy atom. The summed E-state index contributed by atoms with van der Waals surface area (Å²) in [5, 5.41) is 10.1. The van der Waals surface area contributed by atoms with Crippen LogP contribution in [0, 0.1) is 0 Å². The lowest BCUT2D eigenvalue weighted by molar-refractivity contribution is 0.0702. The number of hydrogen-bond acceptors (Lipinski definition) is 4. The van der Waals surface area contributed by atoms with Gasteiger partial charge in [-0.25, -0.2) is 9.78 Å². The van der Waals surface area contributed by atoms with E-state index in [1.165, 1.54) is 11.3 Å². The summed E-state index contributed by atoms with van der Waals surface area (Å²) >= 11 is 1.18. The number of nitrogens with zero attached hydrogens (tertiary/aromatic N) is 1. The molecular formula is C17H13NO3S. The van der Waals surface area contributed by atoms with E-state index in [9.17, 15) is 9.90 Å². The molecule has 0 saturated carbocycles. The van der Waals surface area contributed by atoms with Crippen molar-refractivity contribution in [3.8, 4) is 27.6 Å². The molecule has 0 bridgehead atoms. The third kappa shape index (κ3) is 2.71. The molecule has 1 heterocycles. The minimum atomic E-state index is -0.967. The number of benzene rings is 2. The fourth-order valence-corrected chi connectivity index (χ4v) is 3.05. The number of carbonyl (C=O) groups is 1. The first-order valence-corrected chi connectivity index (χ1v) is 7.44. The lowest BCUT2D eigenvalue weighted by Crippen LogP contribution is -1.95. The molecule has 0 spiro atoms. The summed E-state index contributed by atoms with van der Waals surface area (Å²) in [4.78, 5) is 16.3. The van der Waals surface area contributed by atoms with Gasteiger partial charge in [0.25, 0.3) is 0 Å². The first kappa shape index (κ1) is 14.3. The molecule has 3 aromatic rings. The lowest BCUT2D eigenvalue weighted by Gasteiger charge is -2.02. The fourth-order valence-electron chi connectivity index (χ4n) is 2.11. The van der Waals surface area contributed by atoms with Crippen LogP contribution < -0.4 is 4.74 Å². The van der Waals surface area contributed by atoms with Crippen molar-refractivity contribution in [1.29, 1.82) is 0 Å². The van der Waals surface area contributed by atoms with Crippen LogP contribution >= 0.6 is 11.3 Å². The summed E-state index contributed by atoms with van der Waals surface area (Å²) in [5.41, 5.74) is 2.16. The summed E-state index contributed by atoms with van der Waals surface area (Å²) in [6.07, 6.45) is 0. The molecule has 5 heteroatoms. The molecule has 4 nitrogen and oxygen atoms in total. The molecule has 110 valence electrons. The largest absolute Gasteiger partial charge is 0.497 e. The summed E-state index contributed by atoms with van der Waals surface area (Å²) in [5.74, 6) is -0.246. The first-order chi connectivity index (χ1) is 10.7. The summed E-state index contributed by atoms with van der Waals surface area (Å²) in [6, 6.07) is 16.8. The Hall–Kier alpha value is -2.66. The van der Waals surface area contributed by atoms with Gasteiger partial charge in [0, 0.05) is 11.1 Å². The molecule has 0 atom stereocenters. The minimum absolute atomic E-state index is 0.240. The molecule has 0 amide bonds. The van der Waals surface area contributed by atoms with Crippen molar-refractivity contribution in [3.63, 3.8) is 0 Å². The highest BCUT2D eigenvalue weighted by atomic mass is 32.1. The zero-order chi connectivity index (χ0) is 15.5. The van der Waals surface area contributed by atoms with Crippen molar-refractivity contribution in [2.24, 2.45) is 0 Å².